The van der Waals surface area contributed by atoms with E-state index in [9.17, 15) is 4.79 Å². The molecular formula is C16H19N5O. The lowest BCUT2D eigenvalue weighted by Gasteiger charge is -2.38. The number of hydrogen-bond acceptors (Lipinski definition) is 4. The number of carbonyl (C=O) groups is 1. The molecule has 3 heterocycles. The van der Waals surface area contributed by atoms with Crippen LogP contribution in [-0.4, -0.2) is 44.4 Å². The van der Waals surface area contributed by atoms with Crippen molar-refractivity contribution in [2.24, 2.45) is 5.92 Å². The lowest BCUT2D eigenvalue weighted by molar-refractivity contribution is -0.129. The van der Waals surface area contributed by atoms with Crippen LogP contribution < -0.4 is 5.32 Å². The highest BCUT2D eigenvalue weighted by Crippen LogP contribution is 2.38. The Morgan fingerprint density at radius 1 is 1.45 bits per heavy atom. The van der Waals surface area contributed by atoms with Gasteiger partial charge in [-0.2, -0.15) is 0 Å². The van der Waals surface area contributed by atoms with E-state index in [4.69, 9.17) is 0 Å². The summed E-state index contributed by atoms with van der Waals surface area (Å²) >= 11 is 0. The number of carbonyl (C=O) groups excluding carboxylic acids is 1. The number of anilines is 1. The Balaban J connectivity index is 1.60. The molecule has 2 aromatic rings. The number of likely N-dealkylation sites (tertiary alicyclic amines) is 1. The number of piperidine rings is 1. The Kier molecular flexibility index (Phi) is 3.10. The topological polar surface area (TPSA) is 73.9 Å². The van der Waals surface area contributed by atoms with E-state index >= 15 is 0 Å². The van der Waals surface area contributed by atoms with Crippen LogP contribution in [0.1, 0.15) is 19.3 Å². The molecule has 1 aliphatic heterocycles. The van der Waals surface area contributed by atoms with E-state index in [1.807, 2.05) is 17.2 Å². The van der Waals surface area contributed by atoms with Gasteiger partial charge in [0.1, 0.15) is 17.8 Å². The van der Waals surface area contributed by atoms with E-state index in [1.165, 1.54) is 6.08 Å². The Bertz CT molecular complexity index is 724. The van der Waals surface area contributed by atoms with E-state index in [-0.39, 0.29) is 11.9 Å². The summed E-state index contributed by atoms with van der Waals surface area (Å²) in [5.74, 6) is 1.47. The normalized spacial score (nSPS) is 27.1. The molecule has 3 atom stereocenters. The van der Waals surface area contributed by atoms with Crippen molar-refractivity contribution in [3.63, 3.8) is 0 Å². The standard InChI is InChI=1S/C16H19N5O/c1-2-14(22)21-8-13(10-3-4-11(21)7-10)20-16-12-5-6-17-15(12)18-9-19-16/h2,5-6,9-11,13H,1,3-4,7-8H2,(H2,17,18,19,20). The quantitative estimate of drug-likeness (QED) is 0.849. The fraction of sp³-hybridized carbons (Fsp3) is 0.438. The molecule has 6 nitrogen and oxygen atoms in total. The van der Waals surface area contributed by atoms with Crippen LogP contribution in [0.15, 0.2) is 31.2 Å². The zero-order chi connectivity index (χ0) is 15.1. The van der Waals surface area contributed by atoms with Crippen molar-refractivity contribution in [1.29, 1.82) is 0 Å². The highest BCUT2D eigenvalue weighted by Gasteiger charge is 2.41. The smallest absolute Gasteiger partial charge is 0.246 e. The number of aromatic amines is 1. The molecule has 3 unspecified atom stereocenters. The number of aromatic nitrogens is 3. The van der Waals surface area contributed by atoms with E-state index in [0.29, 0.717) is 12.0 Å². The molecular weight excluding hydrogens is 278 g/mol. The maximum Gasteiger partial charge on any atom is 0.246 e. The molecule has 2 N–H and O–H groups in total. The van der Waals surface area contributed by atoms with Crippen LogP contribution in [0.2, 0.25) is 0 Å². The molecule has 2 aromatic heterocycles. The third-order valence-corrected chi connectivity index (χ3v) is 4.98. The fourth-order valence-corrected chi connectivity index (χ4v) is 3.86. The minimum absolute atomic E-state index is 0.0339. The summed E-state index contributed by atoms with van der Waals surface area (Å²) in [5, 5.41) is 4.54. The van der Waals surface area contributed by atoms with Gasteiger partial charge in [-0.05, 0) is 37.3 Å². The third kappa shape index (κ3) is 2.06. The Morgan fingerprint density at radius 2 is 2.36 bits per heavy atom. The maximum absolute atomic E-state index is 12.1. The van der Waals surface area contributed by atoms with Gasteiger partial charge in [-0.1, -0.05) is 6.58 Å². The molecule has 2 fully saturated rings. The van der Waals surface area contributed by atoms with Crippen molar-refractivity contribution in [3.05, 3.63) is 31.2 Å². The van der Waals surface area contributed by atoms with Gasteiger partial charge in [-0.25, -0.2) is 9.97 Å². The second-order valence-corrected chi connectivity index (χ2v) is 6.13. The average Bonchev–Trinajstić information content (AvgIpc) is 3.17. The van der Waals surface area contributed by atoms with Crippen LogP contribution in [0, 0.1) is 5.92 Å². The number of amides is 1. The van der Waals surface area contributed by atoms with Crippen LogP contribution >= 0.6 is 0 Å². The summed E-state index contributed by atoms with van der Waals surface area (Å²) in [6.45, 7) is 4.34. The van der Waals surface area contributed by atoms with Crippen molar-refractivity contribution in [2.75, 3.05) is 11.9 Å². The first-order chi connectivity index (χ1) is 10.8. The molecule has 114 valence electrons. The molecule has 1 saturated carbocycles. The molecule has 1 saturated heterocycles. The second-order valence-electron chi connectivity index (χ2n) is 6.13. The van der Waals surface area contributed by atoms with Crippen LogP contribution in [-0.2, 0) is 4.79 Å². The Hall–Kier alpha value is -2.37. The van der Waals surface area contributed by atoms with Crippen LogP contribution in [0.5, 0.6) is 0 Å². The lowest BCUT2D eigenvalue weighted by atomic mass is 9.93. The summed E-state index contributed by atoms with van der Waals surface area (Å²) in [6.07, 6.45) is 8.17. The fourth-order valence-electron chi connectivity index (χ4n) is 3.86. The highest BCUT2D eigenvalue weighted by atomic mass is 16.2. The van der Waals surface area contributed by atoms with E-state index in [2.05, 4.69) is 26.8 Å². The lowest BCUT2D eigenvalue weighted by Crippen LogP contribution is -2.50. The molecule has 6 heteroatoms. The summed E-state index contributed by atoms with van der Waals surface area (Å²) in [7, 11) is 0. The molecule has 4 rings (SSSR count). The van der Waals surface area contributed by atoms with Gasteiger partial charge in [-0.15, -0.1) is 0 Å². The molecule has 22 heavy (non-hydrogen) atoms. The Morgan fingerprint density at radius 3 is 3.23 bits per heavy atom. The van der Waals surface area contributed by atoms with Crippen LogP contribution in [0.3, 0.4) is 0 Å². The van der Waals surface area contributed by atoms with E-state index < -0.39 is 0 Å². The predicted molar refractivity (Wildman–Crippen MR) is 84.3 cm³/mol. The average molecular weight is 297 g/mol. The summed E-state index contributed by atoms with van der Waals surface area (Å²) in [6, 6.07) is 2.59. The first-order valence-corrected chi connectivity index (χ1v) is 7.74. The number of fused-ring (bicyclic) bond motifs is 3. The number of nitrogens with zero attached hydrogens (tertiary/aromatic N) is 3. The van der Waals surface area contributed by atoms with E-state index in [0.717, 1.165) is 42.7 Å². The van der Waals surface area contributed by atoms with Crippen LogP contribution in [0.4, 0.5) is 5.82 Å². The number of rotatable bonds is 3. The van der Waals surface area contributed by atoms with Gasteiger partial charge in [-0.3, -0.25) is 4.79 Å². The van der Waals surface area contributed by atoms with E-state index in [1.54, 1.807) is 6.33 Å². The molecule has 0 spiro atoms. The van der Waals surface area contributed by atoms with Crippen LogP contribution in [0.25, 0.3) is 11.0 Å². The van der Waals surface area contributed by atoms with Gasteiger partial charge < -0.3 is 15.2 Å². The number of hydrogen-bond donors (Lipinski definition) is 2. The number of nitrogens with one attached hydrogen (secondary N) is 2. The first kappa shape index (κ1) is 13.3. The van der Waals surface area contributed by atoms with Crippen molar-refractivity contribution in [3.8, 4) is 0 Å². The molecule has 2 aliphatic rings. The Labute approximate surface area is 128 Å². The second kappa shape index (κ2) is 5.12. The minimum Gasteiger partial charge on any atom is -0.365 e. The zero-order valence-corrected chi connectivity index (χ0v) is 12.3. The van der Waals surface area contributed by atoms with Crippen molar-refractivity contribution >= 4 is 22.8 Å². The minimum atomic E-state index is 0.0339. The molecule has 1 aliphatic carbocycles. The third-order valence-electron chi connectivity index (χ3n) is 4.98. The molecule has 0 aromatic carbocycles. The highest BCUT2D eigenvalue weighted by molar-refractivity contribution is 5.88. The van der Waals surface area contributed by atoms with Crippen molar-refractivity contribution in [2.45, 2.75) is 31.3 Å². The van der Waals surface area contributed by atoms with Gasteiger partial charge in [0.2, 0.25) is 5.91 Å². The zero-order valence-electron chi connectivity index (χ0n) is 12.3. The van der Waals surface area contributed by atoms with Gasteiger partial charge in [0, 0.05) is 24.8 Å². The summed E-state index contributed by atoms with van der Waals surface area (Å²) in [5.41, 5.74) is 0.830. The predicted octanol–water partition coefficient (Wildman–Crippen LogP) is 1.94. The van der Waals surface area contributed by atoms with Crippen molar-refractivity contribution in [1.82, 2.24) is 19.9 Å². The number of H-pyrrole nitrogens is 1. The van der Waals surface area contributed by atoms with Crippen molar-refractivity contribution < 1.29 is 4.79 Å². The summed E-state index contributed by atoms with van der Waals surface area (Å²) in [4.78, 5) is 25.7. The van der Waals surface area contributed by atoms with Gasteiger partial charge in [0.05, 0.1) is 5.39 Å². The SMILES string of the molecule is C=CC(=O)N1CC(Nc2ncnc3[nH]ccc23)C2CCC1C2. The van der Waals surface area contributed by atoms with Gasteiger partial charge >= 0.3 is 0 Å². The maximum atomic E-state index is 12.1. The first-order valence-electron chi connectivity index (χ1n) is 7.74. The monoisotopic (exact) mass is 297 g/mol. The largest absolute Gasteiger partial charge is 0.365 e. The molecule has 0 radical (unpaired) electrons. The van der Waals surface area contributed by atoms with Gasteiger partial charge in [0.15, 0.2) is 0 Å². The molecule has 2 bridgehead atoms. The summed E-state index contributed by atoms with van der Waals surface area (Å²) < 4.78 is 0. The molecule has 1 amide bonds. The van der Waals surface area contributed by atoms with Gasteiger partial charge in [0.25, 0.3) is 0 Å².